The number of aromatic nitrogens is 1. The predicted molar refractivity (Wildman–Crippen MR) is 128 cm³/mol. The van der Waals surface area contributed by atoms with Gasteiger partial charge in [0.05, 0.1) is 30.3 Å². The number of nitrogens with zero attached hydrogens (tertiary/aromatic N) is 2. The molecule has 3 rings (SSSR count). The van der Waals surface area contributed by atoms with Crippen LogP contribution in [0.15, 0.2) is 0 Å². The lowest BCUT2D eigenvalue weighted by molar-refractivity contribution is -0.123. The van der Waals surface area contributed by atoms with Crippen LogP contribution >= 0.6 is 22.7 Å². The van der Waals surface area contributed by atoms with Crippen molar-refractivity contribution < 1.29 is 19.1 Å². The van der Waals surface area contributed by atoms with E-state index in [-0.39, 0.29) is 30.9 Å². The molecule has 10 heteroatoms. The van der Waals surface area contributed by atoms with E-state index in [0.717, 1.165) is 40.4 Å². The molecule has 1 saturated heterocycles. The molecule has 0 spiro atoms. The van der Waals surface area contributed by atoms with Gasteiger partial charge in [0.15, 0.2) is 5.13 Å². The number of esters is 1. The molecule has 1 aliphatic heterocycles. The Morgan fingerprint density at radius 1 is 1.12 bits per heavy atom. The number of rotatable bonds is 7. The lowest BCUT2D eigenvalue weighted by Crippen LogP contribution is -2.44. The highest BCUT2D eigenvalue weighted by Crippen LogP contribution is 2.34. The Morgan fingerprint density at radius 3 is 2.53 bits per heavy atom. The zero-order chi connectivity index (χ0) is 23.4. The van der Waals surface area contributed by atoms with Crippen molar-refractivity contribution in [2.45, 2.75) is 47.5 Å². The van der Waals surface area contributed by atoms with Gasteiger partial charge in [-0.05, 0) is 59.6 Å². The molecular weight excluding hydrogens is 448 g/mol. The van der Waals surface area contributed by atoms with E-state index < -0.39 is 5.97 Å². The third-order valence-corrected chi connectivity index (χ3v) is 7.73. The molecular formula is C22H30N4O4S2. The molecule has 0 saturated carbocycles. The van der Waals surface area contributed by atoms with Crippen molar-refractivity contribution in [2.75, 3.05) is 36.9 Å². The van der Waals surface area contributed by atoms with Gasteiger partial charge in [0, 0.05) is 16.3 Å². The molecule has 8 nitrogen and oxygen atoms in total. The fraction of sp³-hybridized carbons (Fsp3) is 0.545. The standard InChI is InChI=1S/C22H30N4O4S2/c1-6-30-21(29)18-12(2)14(4)31-20(18)25-19(28)16-8-7-9-26(10-16)11-17(27)24-22-23-13(3)15(5)32-22/h16H,6-11H2,1-5H3,(H,25,28)(H,23,24,27). The summed E-state index contributed by atoms with van der Waals surface area (Å²) in [7, 11) is 0. The Labute approximate surface area is 196 Å². The van der Waals surface area contributed by atoms with E-state index in [4.69, 9.17) is 4.74 Å². The minimum Gasteiger partial charge on any atom is -0.462 e. The lowest BCUT2D eigenvalue weighted by atomic mass is 9.97. The topological polar surface area (TPSA) is 101 Å². The van der Waals surface area contributed by atoms with Gasteiger partial charge in [-0.15, -0.1) is 22.7 Å². The van der Waals surface area contributed by atoms with Gasteiger partial charge in [-0.2, -0.15) is 0 Å². The van der Waals surface area contributed by atoms with Gasteiger partial charge in [-0.1, -0.05) is 0 Å². The Balaban J connectivity index is 1.60. The quantitative estimate of drug-likeness (QED) is 0.586. The van der Waals surface area contributed by atoms with Crippen LogP contribution in [-0.4, -0.2) is 53.9 Å². The highest BCUT2D eigenvalue weighted by atomic mass is 32.1. The number of piperidine rings is 1. The molecule has 2 aromatic heterocycles. The lowest BCUT2D eigenvalue weighted by Gasteiger charge is -2.31. The van der Waals surface area contributed by atoms with E-state index in [2.05, 4.69) is 15.6 Å². The number of anilines is 2. The maximum atomic E-state index is 13.0. The molecule has 2 amide bonds. The van der Waals surface area contributed by atoms with Gasteiger partial charge in [-0.25, -0.2) is 9.78 Å². The van der Waals surface area contributed by atoms with Gasteiger partial charge in [0.1, 0.15) is 5.00 Å². The number of hydrogen-bond acceptors (Lipinski definition) is 8. The Bertz CT molecular complexity index is 994. The van der Waals surface area contributed by atoms with Crippen molar-refractivity contribution in [1.82, 2.24) is 9.88 Å². The van der Waals surface area contributed by atoms with Crippen molar-refractivity contribution in [3.63, 3.8) is 0 Å². The second-order valence-electron chi connectivity index (χ2n) is 7.98. The number of nitrogens with one attached hydrogen (secondary N) is 2. The van der Waals surface area contributed by atoms with E-state index in [1.165, 1.54) is 22.7 Å². The number of thiophene rings is 1. The summed E-state index contributed by atoms with van der Waals surface area (Å²) in [6, 6.07) is 0. The Morgan fingerprint density at radius 2 is 1.88 bits per heavy atom. The normalized spacial score (nSPS) is 16.6. The number of likely N-dealkylation sites (tertiary alicyclic amines) is 1. The smallest absolute Gasteiger partial charge is 0.341 e. The van der Waals surface area contributed by atoms with Crippen LogP contribution in [0, 0.1) is 33.6 Å². The molecule has 0 radical (unpaired) electrons. The second-order valence-corrected chi connectivity index (χ2v) is 10.4. The summed E-state index contributed by atoms with van der Waals surface area (Å²) in [6.45, 7) is 11.2. The van der Waals surface area contributed by atoms with Crippen LogP contribution in [0.3, 0.4) is 0 Å². The third kappa shape index (κ3) is 5.73. The molecule has 32 heavy (non-hydrogen) atoms. The summed E-state index contributed by atoms with van der Waals surface area (Å²) in [5, 5.41) is 6.94. The number of carbonyl (C=O) groups is 3. The fourth-order valence-corrected chi connectivity index (χ4v) is 5.56. The fourth-order valence-electron chi connectivity index (χ4n) is 3.68. The van der Waals surface area contributed by atoms with Crippen molar-refractivity contribution in [3.05, 3.63) is 26.6 Å². The Hall–Kier alpha value is -2.30. The van der Waals surface area contributed by atoms with Gasteiger partial charge >= 0.3 is 5.97 Å². The summed E-state index contributed by atoms with van der Waals surface area (Å²) >= 11 is 2.85. The van der Waals surface area contributed by atoms with Crippen LogP contribution in [0.1, 0.15) is 51.1 Å². The molecule has 1 aliphatic rings. The maximum absolute atomic E-state index is 13.0. The minimum atomic E-state index is -0.417. The van der Waals surface area contributed by atoms with Crippen LogP contribution in [0.2, 0.25) is 0 Å². The zero-order valence-electron chi connectivity index (χ0n) is 19.2. The average Bonchev–Trinajstić information content (AvgIpc) is 3.19. The summed E-state index contributed by atoms with van der Waals surface area (Å²) in [4.78, 5) is 46.2. The summed E-state index contributed by atoms with van der Waals surface area (Å²) < 4.78 is 5.17. The molecule has 174 valence electrons. The van der Waals surface area contributed by atoms with Crippen LogP contribution in [-0.2, 0) is 14.3 Å². The van der Waals surface area contributed by atoms with Crippen molar-refractivity contribution in [3.8, 4) is 0 Å². The Kier molecular flexibility index (Phi) is 8.02. The second kappa shape index (κ2) is 10.5. The number of carbonyl (C=O) groups excluding carboxylic acids is 3. The van der Waals surface area contributed by atoms with Crippen molar-refractivity contribution in [2.24, 2.45) is 5.92 Å². The summed E-state index contributed by atoms with van der Waals surface area (Å²) in [5.41, 5.74) is 2.18. The van der Waals surface area contributed by atoms with E-state index in [1.807, 2.05) is 32.6 Å². The first-order chi connectivity index (χ1) is 15.2. The van der Waals surface area contributed by atoms with Crippen molar-refractivity contribution >= 4 is 50.6 Å². The van der Waals surface area contributed by atoms with Gasteiger partial charge in [0.25, 0.3) is 0 Å². The van der Waals surface area contributed by atoms with Crippen LogP contribution in [0.5, 0.6) is 0 Å². The molecule has 0 bridgehead atoms. The minimum absolute atomic E-state index is 0.131. The first-order valence-electron chi connectivity index (χ1n) is 10.7. The van der Waals surface area contributed by atoms with Crippen molar-refractivity contribution in [1.29, 1.82) is 0 Å². The highest BCUT2D eigenvalue weighted by molar-refractivity contribution is 7.17. The number of aryl methyl sites for hydroxylation is 3. The molecule has 0 aliphatic carbocycles. The SMILES string of the molecule is CCOC(=O)c1c(NC(=O)C2CCCN(CC(=O)Nc3nc(C)c(C)s3)C2)sc(C)c1C. The van der Waals surface area contributed by atoms with E-state index in [9.17, 15) is 14.4 Å². The van der Waals surface area contributed by atoms with E-state index in [1.54, 1.807) is 6.92 Å². The number of hydrogen-bond donors (Lipinski definition) is 2. The molecule has 2 aromatic rings. The first-order valence-corrected chi connectivity index (χ1v) is 12.4. The molecule has 3 heterocycles. The molecule has 2 N–H and O–H groups in total. The third-order valence-electron chi connectivity index (χ3n) is 5.62. The largest absolute Gasteiger partial charge is 0.462 e. The van der Waals surface area contributed by atoms with Crippen LogP contribution < -0.4 is 10.6 Å². The van der Waals surface area contributed by atoms with Crippen LogP contribution in [0.4, 0.5) is 10.1 Å². The molecule has 1 fully saturated rings. The number of amides is 2. The molecule has 0 aromatic carbocycles. The van der Waals surface area contributed by atoms with E-state index in [0.29, 0.717) is 22.2 Å². The maximum Gasteiger partial charge on any atom is 0.341 e. The highest BCUT2D eigenvalue weighted by Gasteiger charge is 2.29. The molecule has 1 unspecified atom stereocenters. The van der Waals surface area contributed by atoms with Gasteiger partial charge in [0.2, 0.25) is 11.8 Å². The van der Waals surface area contributed by atoms with E-state index >= 15 is 0 Å². The van der Waals surface area contributed by atoms with Crippen LogP contribution in [0.25, 0.3) is 0 Å². The monoisotopic (exact) mass is 478 g/mol. The average molecular weight is 479 g/mol. The number of ether oxygens (including phenoxy) is 1. The summed E-state index contributed by atoms with van der Waals surface area (Å²) in [5.74, 6) is -0.931. The molecule has 1 atom stereocenters. The first kappa shape index (κ1) is 24.3. The predicted octanol–water partition coefficient (Wildman–Crippen LogP) is 3.90. The van der Waals surface area contributed by atoms with Gasteiger partial charge in [-0.3, -0.25) is 14.5 Å². The zero-order valence-corrected chi connectivity index (χ0v) is 20.8. The number of thiazole rings is 1. The summed E-state index contributed by atoms with van der Waals surface area (Å²) in [6.07, 6.45) is 1.57. The van der Waals surface area contributed by atoms with Gasteiger partial charge < -0.3 is 15.4 Å².